The molecular weight excluding hydrogens is 304 g/mol. The molecule has 1 saturated carbocycles. The highest BCUT2D eigenvalue weighted by molar-refractivity contribution is 5.98. The number of nitrogens with one attached hydrogen (secondary N) is 2. The van der Waals surface area contributed by atoms with Gasteiger partial charge in [0.15, 0.2) is 0 Å². The molecule has 0 radical (unpaired) electrons. The number of ether oxygens (including phenoxy) is 1. The Morgan fingerprint density at radius 1 is 1.42 bits per heavy atom. The molecular formula is C18H30N4O2. The van der Waals surface area contributed by atoms with E-state index >= 15 is 0 Å². The van der Waals surface area contributed by atoms with Gasteiger partial charge in [-0.1, -0.05) is 19.3 Å². The Labute approximate surface area is 144 Å². The third-order valence-electron chi connectivity index (χ3n) is 5.44. The van der Waals surface area contributed by atoms with Gasteiger partial charge in [0, 0.05) is 19.7 Å². The third-order valence-corrected chi connectivity index (χ3v) is 5.44. The van der Waals surface area contributed by atoms with E-state index in [1.807, 2.05) is 4.68 Å². The Morgan fingerprint density at radius 2 is 2.17 bits per heavy atom. The summed E-state index contributed by atoms with van der Waals surface area (Å²) in [5.41, 5.74) is 0.563. The highest BCUT2D eigenvalue weighted by Crippen LogP contribution is 2.39. The first-order valence-corrected chi connectivity index (χ1v) is 9.15. The van der Waals surface area contributed by atoms with Crippen LogP contribution in [0.15, 0.2) is 6.20 Å². The Kier molecular flexibility index (Phi) is 5.13. The second-order valence-electron chi connectivity index (χ2n) is 7.73. The lowest BCUT2D eigenvalue weighted by molar-refractivity contribution is 0.0937. The number of aromatic nitrogens is 2. The summed E-state index contributed by atoms with van der Waals surface area (Å²) in [5.74, 6) is 1.49. The van der Waals surface area contributed by atoms with E-state index in [9.17, 15) is 4.79 Å². The Bertz CT molecular complexity index is 576. The molecule has 2 aliphatic rings. The number of carbonyl (C=O) groups excluding carboxylic acids is 1. The van der Waals surface area contributed by atoms with Crippen LogP contribution < -0.4 is 10.6 Å². The SMILES string of the molecule is COCCNC(=O)c1cnn2c1NC(C1CCCCC1)CC2(C)C. The van der Waals surface area contributed by atoms with Gasteiger partial charge >= 0.3 is 0 Å². The van der Waals surface area contributed by atoms with Crippen molar-refractivity contribution in [1.29, 1.82) is 0 Å². The predicted molar refractivity (Wildman–Crippen MR) is 94.4 cm³/mol. The molecule has 0 spiro atoms. The number of amides is 1. The molecule has 2 heterocycles. The number of fused-ring (bicyclic) bond motifs is 1. The van der Waals surface area contributed by atoms with Gasteiger partial charge in [-0.05, 0) is 39.0 Å². The average Bonchev–Trinajstić information content (AvgIpc) is 3.00. The highest BCUT2D eigenvalue weighted by Gasteiger charge is 2.39. The standard InChI is InChI=1S/C18H30N4O2/c1-18(2)11-15(13-7-5-4-6-8-13)21-16-14(12-20-22(16)18)17(23)19-9-10-24-3/h12-13,15,21H,4-11H2,1-3H3,(H,19,23). The first-order valence-electron chi connectivity index (χ1n) is 9.15. The van der Waals surface area contributed by atoms with Gasteiger partial charge in [-0.2, -0.15) is 5.10 Å². The second-order valence-corrected chi connectivity index (χ2v) is 7.73. The molecule has 2 N–H and O–H groups in total. The van der Waals surface area contributed by atoms with Crippen molar-refractivity contribution in [3.05, 3.63) is 11.8 Å². The lowest BCUT2D eigenvalue weighted by Crippen LogP contribution is -2.46. The minimum absolute atomic E-state index is 0.0756. The van der Waals surface area contributed by atoms with Gasteiger partial charge in [-0.15, -0.1) is 0 Å². The fourth-order valence-corrected chi connectivity index (χ4v) is 4.15. The zero-order chi connectivity index (χ0) is 17.2. The molecule has 1 amide bonds. The van der Waals surface area contributed by atoms with Crippen LogP contribution in [0.4, 0.5) is 5.82 Å². The minimum atomic E-state index is -0.0825. The maximum atomic E-state index is 12.5. The van der Waals surface area contributed by atoms with Crippen molar-refractivity contribution in [3.63, 3.8) is 0 Å². The molecule has 3 rings (SSSR count). The minimum Gasteiger partial charge on any atom is -0.383 e. The molecule has 6 heteroatoms. The number of carbonyl (C=O) groups is 1. The first kappa shape index (κ1) is 17.3. The summed E-state index contributed by atoms with van der Waals surface area (Å²) < 4.78 is 6.98. The molecule has 1 unspecified atom stereocenters. The number of anilines is 1. The molecule has 1 aromatic rings. The first-order chi connectivity index (χ1) is 11.5. The maximum absolute atomic E-state index is 12.5. The number of nitrogens with zero attached hydrogens (tertiary/aromatic N) is 2. The van der Waals surface area contributed by atoms with Gasteiger partial charge in [-0.3, -0.25) is 4.79 Å². The molecule has 6 nitrogen and oxygen atoms in total. The van der Waals surface area contributed by atoms with Gasteiger partial charge in [0.05, 0.1) is 18.3 Å². The van der Waals surface area contributed by atoms with Crippen LogP contribution in [0.25, 0.3) is 0 Å². The number of methoxy groups -OCH3 is 1. The molecule has 1 fully saturated rings. The maximum Gasteiger partial charge on any atom is 0.256 e. The van der Waals surface area contributed by atoms with E-state index < -0.39 is 0 Å². The number of rotatable bonds is 5. The largest absolute Gasteiger partial charge is 0.383 e. The van der Waals surface area contributed by atoms with E-state index in [0.717, 1.165) is 12.2 Å². The smallest absolute Gasteiger partial charge is 0.256 e. The van der Waals surface area contributed by atoms with Crippen molar-refractivity contribution < 1.29 is 9.53 Å². The normalized spacial score (nSPS) is 23.4. The molecule has 134 valence electrons. The quantitative estimate of drug-likeness (QED) is 0.813. The summed E-state index contributed by atoms with van der Waals surface area (Å²) in [7, 11) is 1.63. The molecule has 1 aliphatic heterocycles. The summed E-state index contributed by atoms with van der Waals surface area (Å²) in [5, 5.41) is 11.1. The summed E-state index contributed by atoms with van der Waals surface area (Å²) in [4.78, 5) is 12.5. The average molecular weight is 334 g/mol. The van der Waals surface area contributed by atoms with E-state index in [4.69, 9.17) is 4.74 Å². The molecule has 0 saturated heterocycles. The van der Waals surface area contributed by atoms with E-state index in [2.05, 4.69) is 29.6 Å². The fourth-order valence-electron chi connectivity index (χ4n) is 4.15. The van der Waals surface area contributed by atoms with Gasteiger partial charge in [0.25, 0.3) is 5.91 Å². The van der Waals surface area contributed by atoms with E-state index in [1.165, 1.54) is 32.1 Å². The van der Waals surface area contributed by atoms with Crippen LogP contribution in [0.5, 0.6) is 0 Å². The Morgan fingerprint density at radius 3 is 2.88 bits per heavy atom. The summed E-state index contributed by atoms with van der Waals surface area (Å²) in [6, 6.07) is 0.426. The van der Waals surface area contributed by atoms with Crippen LogP contribution in [0, 0.1) is 5.92 Å². The molecule has 1 aromatic heterocycles. The number of hydrogen-bond acceptors (Lipinski definition) is 4. The van der Waals surface area contributed by atoms with Crippen molar-refractivity contribution in [2.24, 2.45) is 5.92 Å². The third kappa shape index (κ3) is 3.43. The van der Waals surface area contributed by atoms with Crippen LogP contribution in [0.3, 0.4) is 0 Å². The van der Waals surface area contributed by atoms with Crippen LogP contribution in [0.2, 0.25) is 0 Å². The van der Waals surface area contributed by atoms with Crippen LogP contribution in [0.1, 0.15) is 62.7 Å². The zero-order valence-corrected chi connectivity index (χ0v) is 15.1. The fraction of sp³-hybridized carbons (Fsp3) is 0.778. The van der Waals surface area contributed by atoms with Crippen molar-refractivity contribution in [2.45, 2.75) is 64.0 Å². The lowest BCUT2D eigenvalue weighted by Gasteiger charge is -2.42. The summed E-state index contributed by atoms with van der Waals surface area (Å²) in [6.07, 6.45) is 9.33. The zero-order valence-electron chi connectivity index (χ0n) is 15.1. The van der Waals surface area contributed by atoms with Crippen LogP contribution in [-0.2, 0) is 10.3 Å². The van der Waals surface area contributed by atoms with Gasteiger partial charge < -0.3 is 15.4 Å². The monoisotopic (exact) mass is 334 g/mol. The van der Waals surface area contributed by atoms with E-state index in [-0.39, 0.29) is 11.4 Å². The van der Waals surface area contributed by atoms with Crippen LogP contribution >= 0.6 is 0 Å². The van der Waals surface area contributed by atoms with Crippen molar-refractivity contribution in [2.75, 3.05) is 25.6 Å². The summed E-state index contributed by atoms with van der Waals surface area (Å²) >= 11 is 0. The van der Waals surface area contributed by atoms with Crippen molar-refractivity contribution >= 4 is 11.7 Å². The molecule has 0 bridgehead atoms. The molecule has 1 aliphatic carbocycles. The lowest BCUT2D eigenvalue weighted by atomic mass is 9.78. The Balaban J connectivity index is 1.79. The molecule has 1 atom stereocenters. The van der Waals surface area contributed by atoms with Crippen LogP contribution in [-0.4, -0.2) is 42.0 Å². The van der Waals surface area contributed by atoms with Crippen molar-refractivity contribution in [1.82, 2.24) is 15.1 Å². The summed E-state index contributed by atoms with van der Waals surface area (Å²) in [6.45, 7) is 5.45. The van der Waals surface area contributed by atoms with Gasteiger partial charge in [0.1, 0.15) is 11.4 Å². The van der Waals surface area contributed by atoms with Gasteiger partial charge in [-0.25, -0.2) is 4.68 Å². The predicted octanol–water partition coefficient (Wildman–Crippen LogP) is 2.76. The highest BCUT2D eigenvalue weighted by atomic mass is 16.5. The molecule has 24 heavy (non-hydrogen) atoms. The number of hydrogen-bond donors (Lipinski definition) is 2. The van der Waals surface area contributed by atoms with E-state index in [1.54, 1.807) is 13.3 Å². The topological polar surface area (TPSA) is 68.2 Å². The van der Waals surface area contributed by atoms with Crippen molar-refractivity contribution in [3.8, 4) is 0 Å². The molecule has 0 aromatic carbocycles. The Hall–Kier alpha value is -1.56. The van der Waals surface area contributed by atoms with E-state index in [0.29, 0.717) is 30.7 Å². The van der Waals surface area contributed by atoms with Gasteiger partial charge in [0.2, 0.25) is 0 Å². The second kappa shape index (κ2) is 7.13.